The summed E-state index contributed by atoms with van der Waals surface area (Å²) in [5.41, 5.74) is 4.10. The number of pyridine rings is 1. The van der Waals surface area contributed by atoms with Crippen molar-refractivity contribution in [3.8, 4) is 17.0 Å². The molecule has 188 valence electrons. The first-order chi connectivity index (χ1) is 18.2. The Morgan fingerprint density at radius 1 is 1.05 bits per heavy atom. The number of likely N-dealkylation sites (tertiary alicyclic amines) is 1. The highest BCUT2D eigenvalue weighted by Gasteiger charge is 2.34. The molecule has 0 spiro atoms. The normalized spacial score (nSPS) is 16.9. The second-order valence-corrected chi connectivity index (χ2v) is 9.86. The van der Waals surface area contributed by atoms with Crippen LogP contribution in [0, 0.1) is 5.92 Å². The Balaban J connectivity index is 1.18. The fourth-order valence-electron chi connectivity index (χ4n) is 5.01. The lowest BCUT2D eigenvalue weighted by Gasteiger charge is -2.29. The maximum atomic E-state index is 13.2. The zero-order valence-electron chi connectivity index (χ0n) is 20.5. The molecule has 0 radical (unpaired) electrons. The van der Waals surface area contributed by atoms with Crippen LogP contribution in [0.4, 0.5) is 0 Å². The SMILES string of the molecule is O=CN1CCC(Oc2ccc(-c3n[nH]c4ccc(C(=O)N[C@H](c5ccccn5)C5CC5)cc34)cc2)CC1. The van der Waals surface area contributed by atoms with Gasteiger partial charge in [-0.15, -0.1) is 0 Å². The number of carbonyl (C=O) groups excluding carboxylic acids is 2. The number of hydrogen-bond donors (Lipinski definition) is 2. The Labute approximate surface area is 215 Å². The predicted molar refractivity (Wildman–Crippen MR) is 140 cm³/mol. The Kier molecular flexibility index (Phi) is 6.30. The number of nitrogens with zero attached hydrogens (tertiary/aromatic N) is 3. The van der Waals surface area contributed by atoms with Crippen LogP contribution in [-0.2, 0) is 4.79 Å². The second-order valence-electron chi connectivity index (χ2n) is 9.86. The van der Waals surface area contributed by atoms with Gasteiger partial charge in [-0.1, -0.05) is 6.07 Å². The van der Waals surface area contributed by atoms with Crippen molar-refractivity contribution in [1.29, 1.82) is 0 Å². The summed E-state index contributed by atoms with van der Waals surface area (Å²) in [6.45, 7) is 1.45. The van der Waals surface area contributed by atoms with E-state index in [9.17, 15) is 9.59 Å². The van der Waals surface area contributed by atoms with Gasteiger partial charge in [0.05, 0.1) is 22.9 Å². The van der Waals surface area contributed by atoms with E-state index in [1.54, 1.807) is 11.1 Å². The molecule has 3 heterocycles. The highest BCUT2D eigenvalue weighted by Crippen LogP contribution is 2.40. The lowest BCUT2D eigenvalue weighted by Crippen LogP contribution is -2.37. The molecule has 2 fully saturated rings. The van der Waals surface area contributed by atoms with Crippen LogP contribution in [0.2, 0.25) is 0 Å². The number of amides is 2. The van der Waals surface area contributed by atoms with Crippen molar-refractivity contribution in [3.05, 3.63) is 78.1 Å². The van der Waals surface area contributed by atoms with E-state index in [0.717, 1.165) is 78.8 Å². The van der Waals surface area contributed by atoms with Crippen LogP contribution in [0.15, 0.2) is 66.9 Å². The first-order valence-corrected chi connectivity index (χ1v) is 12.8. The summed E-state index contributed by atoms with van der Waals surface area (Å²) in [6.07, 6.45) is 6.65. The van der Waals surface area contributed by atoms with Gasteiger partial charge in [0.2, 0.25) is 6.41 Å². The Morgan fingerprint density at radius 3 is 2.57 bits per heavy atom. The number of ether oxygens (including phenoxy) is 1. The van der Waals surface area contributed by atoms with E-state index in [2.05, 4.69) is 20.5 Å². The summed E-state index contributed by atoms with van der Waals surface area (Å²) in [4.78, 5) is 30.4. The van der Waals surface area contributed by atoms with Crippen LogP contribution < -0.4 is 10.1 Å². The van der Waals surface area contributed by atoms with Crippen molar-refractivity contribution in [2.45, 2.75) is 37.8 Å². The fourth-order valence-corrected chi connectivity index (χ4v) is 5.01. The van der Waals surface area contributed by atoms with Gasteiger partial charge in [0.1, 0.15) is 11.9 Å². The quantitative estimate of drug-likeness (QED) is 0.351. The van der Waals surface area contributed by atoms with E-state index in [1.165, 1.54) is 0 Å². The average molecular weight is 496 g/mol. The summed E-state index contributed by atoms with van der Waals surface area (Å²) in [5.74, 6) is 1.13. The molecule has 1 saturated heterocycles. The average Bonchev–Trinajstić information content (AvgIpc) is 3.71. The molecule has 6 rings (SSSR count). The predicted octanol–water partition coefficient (Wildman–Crippen LogP) is 4.51. The summed E-state index contributed by atoms with van der Waals surface area (Å²) in [7, 11) is 0. The Morgan fingerprint density at radius 2 is 1.86 bits per heavy atom. The van der Waals surface area contributed by atoms with Crippen molar-refractivity contribution in [2.75, 3.05) is 13.1 Å². The highest BCUT2D eigenvalue weighted by molar-refractivity contribution is 6.01. The van der Waals surface area contributed by atoms with Crippen molar-refractivity contribution < 1.29 is 14.3 Å². The molecule has 2 amide bonds. The second kappa shape index (κ2) is 10.0. The standard InChI is InChI=1S/C29H29N5O3/c35-18-34-15-12-23(13-16-34)37-22-9-6-19(7-10-22)27-24-17-21(8-11-25(24)32-33-27)29(36)31-28(20-4-5-20)26-3-1-2-14-30-26/h1-3,6-11,14,17-18,20,23,28H,4-5,12-13,15-16H2,(H,31,36)(H,32,33)/t28-/m0/s1. The number of piperidine rings is 1. The summed E-state index contributed by atoms with van der Waals surface area (Å²) < 4.78 is 6.13. The number of rotatable bonds is 8. The van der Waals surface area contributed by atoms with Gasteiger partial charge < -0.3 is 15.0 Å². The van der Waals surface area contributed by atoms with Crippen LogP contribution in [-0.4, -0.2) is 51.6 Å². The molecule has 0 bridgehead atoms. The maximum absolute atomic E-state index is 13.2. The molecule has 2 aromatic heterocycles. The van der Waals surface area contributed by atoms with Gasteiger partial charge in [0, 0.05) is 48.6 Å². The molecule has 1 aliphatic carbocycles. The number of hydrogen-bond acceptors (Lipinski definition) is 5. The topological polar surface area (TPSA) is 100 Å². The minimum absolute atomic E-state index is 0.0774. The highest BCUT2D eigenvalue weighted by atomic mass is 16.5. The monoisotopic (exact) mass is 495 g/mol. The van der Waals surface area contributed by atoms with Crippen molar-refractivity contribution in [3.63, 3.8) is 0 Å². The van der Waals surface area contributed by atoms with Crippen LogP contribution >= 0.6 is 0 Å². The van der Waals surface area contributed by atoms with Crippen LogP contribution in [0.3, 0.4) is 0 Å². The number of carbonyl (C=O) groups is 2. The Bertz CT molecular complexity index is 1390. The lowest BCUT2D eigenvalue weighted by atomic mass is 10.0. The molecule has 2 aliphatic rings. The van der Waals surface area contributed by atoms with Gasteiger partial charge in [-0.3, -0.25) is 19.7 Å². The molecule has 1 aliphatic heterocycles. The lowest BCUT2D eigenvalue weighted by molar-refractivity contribution is -0.119. The minimum Gasteiger partial charge on any atom is -0.490 e. The molecule has 8 heteroatoms. The maximum Gasteiger partial charge on any atom is 0.251 e. The van der Waals surface area contributed by atoms with Gasteiger partial charge in [0.25, 0.3) is 5.91 Å². The largest absolute Gasteiger partial charge is 0.490 e. The third-order valence-electron chi connectivity index (χ3n) is 7.27. The van der Waals surface area contributed by atoms with E-state index in [4.69, 9.17) is 4.74 Å². The number of fused-ring (bicyclic) bond motifs is 1. The molecule has 4 aromatic rings. The van der Waals surface area contributed by atoms with E-state index in [1.807, 2.05) is 60.7 Å². The first-order valence-electron chi connectivity index (χ1n) is 12.8. The molecule has 37 heavy (non-hydrogen) atoms. The smallest absolute Gasteiger partial charge is 0.251 e. The van der Waals surface area contributed by atoms with Crippen LogP contribution in [0.1, 0.15) is 47.8 Å². The van der Waals surface area contributed by atoms with Crippen molar-refractivity contribution in [1.82, 2.24) is 25.4 Å². The third-order valence-corrected chi connectivity index (χ3v) is 7.27. The number of aromatic amines is 1. The van der Waals surface area contributed by atoms with Gasteiger partial charge in [0.15, 0.2) is 0 Å². The van der Waals surface area contributed by atoms with Crippen LogP contribution in [0.5, 0.6) is 5.75 Å². The first kappa shape index (κ1) is 23.2. The van der Waals surface area contributed by atoms with Crippen LogP contribution in [0.25, 0.3) is 22.2 Å². The zero-order valence-corrected chi connectivity index (χ0v) is 20.5. The number of benzene rings is 2. The molecule has 1 atom stereocenters. The molecule has 0 unspecified atom stereocenters. The third kappa shape index (κ3) is 5.05. The molecule has 2 aromatic carbocycles. The fraction of sp³-hybridized carbons (Fsp3) is 0.310. The van der Waals surface area contributed by atoms with E-state index in [0.29, 0.717) is 11.5 Å². The summed E-state index contributed by atoms with van der Waals surface area (Å²) in [5, 5.41) is 11.7. The van der Waals surface area contributed by atoms with Crippen molar-refractivity contribution in [2.24, 2.45) is 5.92 Å². The number of H-pyrrole nitrogens is 1. The molecular weight excluding hydrogens is 466 g/mol. The Hall–Kier alpha value is -4.20. The van der Waals surface area contributed by atoms with Gasteiger partial charge >= 0.3 is 0 Å². The molecule has 2 N–H and O–H groups in total. The van der Waals surface area contributed by atoms with Gasteiger partial charge in [-0.2, -0.15) is 5.10 Å². The number of nitrogens with one attached hydrogen (secondary N) is 2. The van der Waals surface area contributed by atoms with Gasteiger partial charge in [-0.05, 0) is 73.4 Å². The molecule has 1 saturated carbocycles. The minimum atomic E-state index is -0.110. The van der Waals surface area contributed by atoms with E-state index >= 15 is 0 Å². The van der Waals surface area contributed by atoms with E-state index in [-0.39, 0.29) is 18.1 Å². The molecular formula is C29H29N5O3. The number of aromatic nitrogens is 3. The summed E-state index contributed by atoms with van der Waals surface area (Å²) >= 11 is 0. The van der Waals surface area contributed by atoms with Crippen molar-refractivity contribution >= 4 is 23.2 Å². The molecule has 8 nitrogen and oxygen atoms in total. The van der Waals surface area contributed by atoms with E-state index < -0.39 is 0 Å². The van der Waals surface area contributed by atoms with Gasteiger partial charge in [-0.25, -0.2) is 0 Å². The zero-order chi connectivity index (χ0) is 25.2. The summed E-state index contributed by atoms with van der Waals surface area (Å²) in [6, 6.07) is 19.2.